The highest BCUT2D eigenvalue weighted by atomic mass is 19.1. The van der Waals surface area contributed by atoms with Crippen LogP contribution in [0.25, 0.3) is 5.69 Å². The van der Waals surface area contributed by atoms with Gasteiger partial charge in [0.05, 0.1) is 12.8 Å². The minimum Gasteiger partial charge on any atom is -0.383 e. The zero-order valence-corrected chi connectivity index (χ0v) is 12.6. The molecule has 0 radical (unpaired) electrons. The van der Waals surface area contributed by atoms with E-state index in [-0.39, 0.29) is 5.82 Å². The van der Waals surface area contributed by atoms with Gasteiger partial charge < -0.3 is 10.1 Å². The standard InChI is InChI=1S/C16H22FN3O/c1-3-6-15-13(11-18-9-10-21-2)12-19-20(15)16-8-5-4-7-14(16)17/h4-5,7-8,12,18H,3,6,9-11H2,1-2H3. The van der Waals surface area contributed by atoms with Gasteiger partial charge in [-0.05, 0) is 18.6 Å². The van der Waals surface area contributed by atoms with Crippen LogP contribution in [0.4, 0.5) is 4.39 Å². The lowest BCUT2D eigenvalue weighted by Crippen LogP contribution is -2.19. The number of benzene rings is 1. The number of rotatable bonds is 8. The third-order valence-electron chi connectivity index (χ3n) is 3.32. The number of hydrogen-bond donors (Lipinski definition) is 1. The lowest BCUT2D eigenvalue weighted by Gasteiger charge is -2.10. The highest BCUT2D eigenvalue weighted by molar-refractivity contribution is 5.36. The molecule has 0 amide bonds. The summed E-state index contributed by atoms with van der Waals surface area (Å²) in [6.45, 7) is 4.28. The molecule has 0 unspecified atom stereocenters. The zero-order valence-electron chi connectivity index (χ0n) is 12.6. The molecule has 1 aromatic carbocycles. The van der Waals surface area contributed by atoms with E-state index in [2.05, 4.69) is 17.3 Å². The lowest BCUT2D eigenvalue weighted by molar-refractivity contribution is 0.199. The Morgan fingerprint density at radius 1 is 1.33 bits per heavy atom. The van der Waals surface area contributed by atoms with Crippen molar-refractivity contribution >= 4 is 0 Å². The van der Waals surface area contributed by atoms with Crippen LogP contribution in [0.2, 0.25) is 0 Å². The minimum absolute atomic E-state index is 0.253. The maximum Gasteiger partial charge on any atom is 0.148 e. The third kappa shape index (κ3) is 3.89. The molecule has 2 rings (SSSR count). The van der Waals surface area contributed by atoms with Gasteiger partial charge in [0, 0.05) is 31.5 Å². The number of nitrogens with zero attached hydrogens (tertiary/aromatic N) is 2. The Hall–Kier alpha value is -1.72. The molecular formula is C16H22FN3O. The molecular weight excluding hydrogens is 269 g/mol. The van der Waals surface area contributed by atoms with Crippen LogP contribution in [0.5, 0.6) is 0 Å². The quantitative estimate of drug-likeness (QED) is 0.760. The van der Waals surface area contributed by atoms with E-state index < -0.39 is 0 Å². The van der Waals surface area contributed by atoms with E-state index in [9.17, 15) is 4.39 Å². The van der Waals surface area contributed by atoms with Crippen LogP contribution < -0.4 is 5.32 Å². The molecule has 1 aromatic heterocycles. The van der Waals surface area contributed by atoms with Crippen LogP contribution in [-0.2, 0) is 17.7 Å². The van der Waals surface area contributed by atoms with Crippen molar-refractivity contribution < 1.29 is 9.13 Å². The van der Waals surface area contributed by atoms with Gasteiger partial charge >= 0.3 is 0 Å². The van der Waals surface area contributed by atoms with Crippen LogP contribution >= 0.6 is 0 Å². The first-order valence-corrected chi connectivity index (χ1v) is 7.28. The van der Waals surface area contributed by atoms with E-state index in [0.717, 1.165) is 30.6 Å². The third-order valence-corrected chi connectivity index (χ3v) is 3.32. The molecule has 0 aliphatic carbocycles. The Morgan fingerprint density at radius 2 is 2.14 bits per heavy atom. The Balaban J connectivity index is 2.22. The molecule has 1 N–H and O–H groups in total. The molecule has 0 fully saturated rings. The highest BCUT2D eigenvalue weighted by Crippen LogP contribution is 2.19. The van der Waals surface area contributed by atoms with Gasteiger partial charge in [0.25, 0.3) is 0 Å². The fourth-order valence-electron chi connectivity index (χ4n) is 2.29. The minimum atomic E-state index is -0.253. The molecule has 0 spiro atoms. The second-order valence-corrected chi connectivity index (χ2v) is 4.90. The van der Waals surface area contributed by atoms with Crippen LogP contribution in [0, 0.1) is 5.82 Å². The van der Waals surface area contributed by atoms with Gasteiger partial charge in [0.2, 0.25) is 0 Å². The maximum absolute atomic E-state index is 14.0. The van der Waals surface area contributed by atoms with Crippen molar-refractivity contribution in [3.8, 4) is 5.69 Å². The first kappa shape index (κ1) is 15.7. The van der Waals surface area contributed by atoms with E-state index in [1.807, 2.05) is 12.3 Å². The number of aromatic nitrogens is 2. The van der Waals surface area contributed by atoms with Crippen molar-refractivity contribution in [2.45, 2.75) is 26.3 Å². The van der Waals surface area contributed by atoms with Crippen LogP contribution in [0.15, 0.2) is 30.5 Å². The van der Waals surface area contributed by atoms with Crippen molar-refractivity contribution in [1.29, 1.82) is 0 Å². The highest BCUT2D eigenvalue weighted by Gasteiger charge is 2.13. The van der Waals surface area contributed by atoms with E-state index >= 15 is 0 Å². The second kappa shape index (κ2) is 7.90. The summed E-state index contributed by atoms with van der Waals surface area (Å²) in [5.74, 6) is -0.253. The number of methoxy groups -OCH3 is 1. The molecule has 114 valence electrons. The fourth-order valence-corrected chi connectivity index (χ4v) is 2.29. The summed E-state index contributed by atoms with van der Waals surface area (Å²) in [4.78, 5) is 0. The van der Waals surface area contributed by atoms with Crippen molar-refractivity contribution in [2.75, 3.05) is 20.3 Å². The lowest BCUT2D eigenvalue weighted by atomic mass is 10.1. The predicted molar refractivity (Wildman–Crippen MR) is 81.1 cm³/mol. The van der Waals surface area contributed by atoms with E-state index in [4.69, 9.17) is 4.74 Å². The summed E-state index contributed by atoms with van der Waals surface area (Å²) in [5, 5.41) is 7.68. The topological polar surface area (TPSA) is 39.1 Å². The average molecular weight is 291 g/mol. The van der Waals surface area contributed by atoms with Gasteiger partial charge in [-0.1, -0.05) is 25.5 Å². The molecule has 5 heteroatoms. The van der Waals surface area contributed by atoms with Crippen LogP contribution in [0.3, 0.4) is 0 Å². The maximum atomic E-state index is 14.0. The number of halogens is 1. The summed E-state index contributed by atoms with van der Waals surface area (Å²) < 4.78 is 20.7. The molecule has 21 heavy (non-hydrogen) atoms. The summed E-state index contributed by atoms with van der Waals surface area (Å²) in [6.07, 6.45) is 3.68. The zero-order chi connectivity index (χ0) is 15.1. The molecule has 4 nitrogen and oxygen atoms in total. The Bertz CT molecular complexity index is 568. The van der Waals surface area contributed by atoms with E-state index in [1.165, 1.54) is 6.07 Å². The summed E-state index contributed by atoms with van der Waals surface area (Å²) in [6, 6.07) is 6.73. The first-order valence-electron chi connectivity index (χ1n) is 7.28. The molecule has 0 saturated carbocycles. The molecule has 0 aliphatic heterocycles. The Labute approximate surface area is 124 Å². The van der Waals surface area contributed by atoms with Gasteiger partial charge in [-0.15, -0.1) is 0 Å². The molecule has 0 atom stereocenters. The SMILES string of the molecule is CCCc1c(CNCCOC)cnn1-c1ccccc1F. The van der Waals surface area contributed by atoms with Crippen molar-refractivity contribution in [2.24, 2.45) is 0 Å². The van der Waals surface area contributed by atoms with E-state index in [0.29, 0.717) is 18.8 Å². The molecule has 0 aliphatic rings. The molecule has 0 saturated heterocycles. The van der Waals surface area contributed by atoms with Crippen molar-refractivity contribution in [3.63, 3.8) is 0 Å². The first-order chi connectivity index (χ1) is 10.3. The molecule has 2 aromatic rings. The molecule has 1 heterocycles. The molecule has 0 bridgehead atoms. The van der Waals surface area contributed by atoms with Gasteiger partial charge in [0.15, 0.2) is 0 Å². The van der Waals surface area contributed by atoms with Gasteiger partial charge in [-0.3, -0.25) is 0 Å². The fraction of sp³-hybridized carbons (Fsp3) is 0.438. The van der Waals surface area contributed by atoms with Gasteiger partial charge in [-0.2, -0.15) is 5.10 Å². The van der Waals surface area contributed by atoms with Crippen LogP contribution in [-0.4, -0.2) is 30.0 Å². The normalized spacial score (nSPS) is 11.0. The van der Waals surface area contributed by atoms with Crippen molar-refractivity contribution in [1.82, 2.24) is 15.1 Å². The number of hydrogen-bond acceptors (Lipinski definition) is 3. The number of ether oxygens (including phenoxy) is 1. The smallest absolute Gasteiger partial charge is 0.148 e. The second-order valence-electron chi connectivity index (χ2n) is 4.90. The Kier molecular flexibility index (Phi) is 5.90. The Morgan fingerprint density at radius 3 is 2.86 bits per heavy atom. The summed E-state index contributed by atoms with van der Waals surface area (Å²) >= 11 is 0. The van der Waals surface area contributed by atoms with Crippen LogP contribution in [0.1, 0.15) is 24.6 Å². The summed E-state index contributed by atoms with van der Waals surface area (Å²) in [5.41, 5.74) is 2.67. The monoisotopic (exact) mass is 291 g/mol. The summed E-state index contributed by atoms with van der Waals surface area (Å²) in [7, 11) is 1.68. The average Bonchev–Trinajstić information content (AvgIpc) is 2.88. The largest absolute Gasteiger partial charge is 0.383 e. The van der Waals surface area contributed by atoms with Gasteiger partial charge in [-0.25, -0.2) is 9.07 Å². The van der Waals surface area contributed by atoms with Crippen molar-refractivity contribution in [3.05, 3.63) is 47.5 Å². The van der Waals surface area contributed by atoms with E-state index in [1.54, 1.807) is 23.9 Å². The number of nitrogens with one attached hydrogen (secondary N) is 1. The van der Waals surface area contributed by atoms with Gasteiger partial charge in [0.1, 0.15) is 11.5 Å². The predicted octanol–water partition coefficient (Wildman–Crippen LogP) is 2.70. The number of para-hydroxylation sites is 1.